The van der Waals surface area contributed by atoms with Gasteiger partial charge in [0.15, 0.2) is 0 Å². The first-order valence-corrected chi connectivity index (χ1v) is 11.1. The van der Waals surface area contributed by atoms with Gasteiger partial charge in [-0.2, -0.15) is 0 Å². The van der Waals surface area contributed by atoms with E-state index in [1.165, 1.54) is 4.90 Å². The van der Waals surface area contributed by atoms with E-state index in [1.807, 2.05) is 60.8 Å². The van der Waals surface area contributed by atoms with Crippen molar-refractivity contribution in [2.75, 3.05) is 6.54 Å². The average Bonchev–Trinajstić information content (AvgIpc) is 3.46. The van der Waals surface area contributed by atoms with Gasteiger partial charge < -0.3 is 26.0 Å². The van der Waals surface area contributed by atoms with E-state index in [9.17, 15) is 19.5 Å². The first kappa shape index (κ1) is 22.5. The molecule has 8 heteroatoms. The fourth-order valence-electron chi connectivity index (χ4n) is 4.45. The summed E-state index contributed by atoms with van der Waals surface area (Å²) in [5.74, 6) is -1.87. The molecule has 172 valence electrons. The number of carbonyl (C=O) groups excluding carboxylic acids is 2. The monoisotopic (exact) mass is 448 g/mol. The number of aromatic amines is 1. The summed E-state index contributed by atoms with van der Waals surface area (Å²) in [4.78, 5) is 42.6. The molecule has 0 aliphatic carbocycles. The smallest absolute Gasteiger partial charge is 0.326 e. The predicted molar refractivity (Wildman–Crippen MR) is 124 cm³/mol. The van der Waals surface area contributed by atoms with Crippen LogP contribution in [-0.2, 0) is 27.2 Å². The van der Waals surface area contributed by atoms with Crippen molar-refractivity contribution in [3.8, 4) is 0 Å². The summed E-state index contributed by atoms with van der Waals surface area (Å²) in [6.07, 6.45) is 3.41. The minimum absolute atomic E-state index is 0.232. The summed E-state index contributed by atoms with van der Waals surface area (Å²) in [5, 5.41) is 13.3. The lowest BCUT2D eigenvalue weighted by atomic mass is 10.0. The van der Waals surface area contributed by atoms with Crippen LogP contribution in [0.2, 0.25) is 0 Å². The van der Waals surface area contributed by atoms with Gasteiger partial charge in [0, 0.05) is 30.1 Å². The molecule has 1 aliphatic heterocycles. The third-order valence-electron chi connectivity index (χ3n) is 6.17. The van der Waals surface area contributed by atoms with E-state index >= 15 is 0 Å². The number of carboxylic acids is 1. The predicted octanol–water partition coefficient (Wildman–Crippen LogP) is 1.84. The number of nitrogens with one attached hydrogen (secondary N) is 2. The van der Waals surface area contributed by atoms with Crippen molar-refractivity contribution in [1.29, 1.82) is 0 Å². The molecule has 8 nitrogen and oxygen atoms in total. The molecule has 1 fully saturated rings. The number of fused-ring (bicyclic) bond motifs is 1. The molecule has 2 heterocycles. The molecule has 3 aromatic rings. The minimum atomic E-state index is -1.03. The zero-order valence-electron chi connectivity index (χ0n) is 18.2. The Morgan fingerprint density at radius 2 is 1.82 bits per heavy atom. The van der Waals surface area contributed by atoms with Crippen molar-refractivity contribution >= 4 is 28.7 Å². The summed E-state index contributed by atoms with van der Waals surface area (Å²) < 4.78 is 0. The van der Waals surface area contributed by atoms with E-state index in [2.05, 4.69) is 10.3 Å². The summed E-state index contributed by atoms with van der Waals surface area (Å²) in [6.45, 7) is 0.353. The molecule has 0 spiro atoms. The number of aliphatic carboxylic acids is 1. The van der Waals surface area contributed by atoms with Crippen LogP contribution in [0.5, 0.6) is 0 Å². The van der Waals surface area contributed by atoms with Gasteiger partial charge in [0.25, 0.3) is 0 Å². The molecule has 1 aliphatic rings. The molecule has 2 aromatic carbocycles. The molecule has 4 rings (SSSR count). The van der Waals surface area contributed by atoms with Gasteiger partial charge in [0.05, 0.1) is 6.04 Å². The Morgan fingerprint density at radius 1 is 1.09 bits per heavy atom. The van der Waals surface area contributed by atoms with Gasteiger partial charge >= 0.3 is 5.97 Å². The zero-order valence-corrected chi connectivity index (χ0v) is 18.2. The number of amides is 2. The number of hydrogen-bond donors (Lipinski definition) is 4. The molecule has 1 saturated heterocycles. The highest BCUT2D eigenvalue weighted by molar-refractivity contribution is 5.93. The van der Waals surface area contributed by atoms with E-state index < -0.39 is 35.9 Å². The average molecular weight is 449 g/mol. The number of aromatic nitrogens is 1. The number of hydrogen-bond acceptors (Lipinski definition) is 4. The maximum Gasteiger partial charge on any atom is 0.326 e. The second kappa shape index (κ2) is 9.87. The van der Waals surface area contributed by atoms with E-state index in [0.29, 0.717) is 25.8 Å². The SMILES string of the molecule is N[C@@H](Cc1ccccc1)C(=O)N[C@@H](Cc1c[nH]c2ccccc12)C(=O)N1CCC[C@@H]1C(=O)O. The molecule has 0 saturated carbocycles. The largest absolute Gasteiger partial charge is 0.480 e. The quantitative estimate of drug-likeness (QED) is 0.418. The van der Waals surface area contributed by atoms with Crippen LogP contribution < -0.4 is 11.1 Å². The van der Waals surface area contributed by atoms with Gasteiger partial charge in [-0.3, -0.25) is 9.59 Å². The number of rotatable bonds is 8. The first-order chi connectivity index (χ1) is 15.9. The number of H-pyrrole nitrogens is 1. The van der Waals surface area contributed by atoms with Crippen LogP contribution in [0.25, 0.3) is 10.9 Å². The third kappa shape index (κ3) is 5.06. The normalized spacial score (nSPS) is 17.6. The van der Waals surface area contributed by atoms with E-state index in [1.54, 1.807) is 0 Å². The van der Waals surface area contributed by atoms with Gasteiger partial charge in [0.1, 0.15) is 12.1 Å². The Morgan fingerprint density at radius 3 is 2.58 bits per heavy atom. The van der Waals surface area contributed by atoms with Crippen LogP contribution in [0.4, 0.5) is 0 Å². The maximum atomic E-state index is 13.4. The molecule has 1 aromatic heterocycles. The number of carbonyl (C=O) groups is 3. The topological polar surface area (TPSA) is 129 Å². The second-order valence-electron chi connectivity index (χ2n) is 8.45. The fraction of sp³-hybridized carbons (Fsp3) is 0.320. The summed E-state index contributed by atoms with van der Waals surface area (Å²) in [5.41, 5.74) is 8.87. The lowest BCUT2D eigenvalue weighted by molar-refractivity contribution is -0.149. The molecule has 5 N–H and O–H groups in total. The van der Waals surface area contributed by atoms with Crippen LogP contribution in [0, 0.1) is 0 Å². The molecular weight excluding hydrogens is 420 g/mol. The molecule has 0 radical (unpaired) electrons. The standard InChI is InChI=1S/C25H28N4O4/c26-19(13-16-7-2-1-3-8-16)23(30)28-21(24(31)29-12-6-11-22(29)25(32)33)14-17-15-27-20-10-5-4-9-18(17)20/h1-5,7-10,15,19,21-22,27H,6,11-14,26H2,(H,28,30)(H,32,33)/t19-,21-,22+/m0/s1. The van der Waals surface area contributed by atoms with Gasteiger partial charge in [-0.1, -0.05) is 48.5 Å². The van der Waals surface area contributed by atoms with Crippen molar-refractivity contribution < 1.29 is 19.5 Å². The lowest BCUT2D eigenvalue weighted by Gasteiger charge is -2.28. The molecule has 0 unspecified atom stereocenters. The highest BCUT2D eigenvalue weighted by Gasteiger charge is 2.38. The summed E-state index contributed by atoms with van der Waals surface area (Å²) >= 11 is 0. The third-order valence-corrected chi connectivity index (χ3v) is 6.17. The molecule has 2 amide bonds. The van der Waals surface area contributed by atoms with E-state index in [-0.39, 0.29) is 6.42 Å². The fourth-order valence-corrected chi connectivity index (χ4v) is 4.45. The Labute approximate surface area is 191 Å². The molecule has 0 bridgehead atoms. The van der Waals surface area contributed by atoms with Crippen LogP contribution in [-0.4, -0.2) is 57.4 Å². The highest BCUT2D eigenvalue weighted by atomic mass is 16.4. The number of nitrogens with two attached hydrogens (primary N) is 1. The minimum Gasteiger partial charge on any atom is -0.480 e. The number of benzene rings is 2. The Balaban J connectivity index is 1.56. The van der Waals surface area contributed by atoms with Crippen LogP contribution in [0.15, 0.2) is 60.8 Å². The van der Waals surface area contributed by atoms with Crippen LogP contribution in [0.1, 0.15) is 24.0 Å². The van der Waals surface area contributed by atoms with Gasteiger partial charge in [0.2, 0.25) is 11.8 Å². The van der Waals surface area contributed by atoms with Crippen LogP contribution >= 0.6 is 0 Å². The molecular formula is C25H28N4O4. The van der Waals surface area contributed by atoms with Crippen molar-refractivity contribution in [2.24, 2.45) is 5.73 Å². The maximum absolute atomic E-state index is 13.4. The lowest BCUT2D eigenvalue weighted by Crippen LogP contribution is -2.55. The molecule has 33 heavy (non-hydrogen) atoms. The number of para-hydroxylation sites is 1. The molecule has 3 atom stereocenters. The number of carboxylic acid groups (broad SMARTS) is 1. The van der Waals surface area contributed by atoms with Crippen molar-refractivity contribution in [3.05, 3.63) is 71.9 Å². The Hall–Kier alpha value is -3.65. The van der Waals surface area contributed by atoms with Crippen molar-refractivity contribution in [2.45, 2.75) is 43.8 Å². The first-order valence-electron chi connectivity index (χ1n) is 11.1. The van der Waals surface area contributed by atoms with Crippen LogP contribution in [0.3, 0.4) is 0 Å². The number of likely N-dealkylation sites (tertiary alicyclic amines) is 1. The van der Waals surface area contributed by atoms with Gasteiger partial charge in [-0.25, -0.2) is 4.79 Å². The van der Waals surface area contributed by atoms with E-state index in [0.717, 1.165) is 22.0 Å². The zero-order chi connectivity index (χ0) is 23.4. The van der Waals surface area contributed by atoms with E-state index in [4.69, 9.17) is 5.73 Å². The van der Waals surface area contributed by atoms with Crippen molar-refractivity contribution in [1.82, 2.24) is 15.2 Å². The summed E-state index contributed by atoms with van der Waals surface area (Å²) in [7, 11) is 0. The second-order valence-corrected chi connectivity index (χ2v) is 8.45. The van der Waals surface area contributed by atoms with Gasteiger partial charge in [-0.15, -0.1) is 0 Å². The number of nitrogens with zero attached hydrogens (tertiary/aromatic N) is 1. The van der Waals surface area contributed by atoms with Gasteiger partial charge in [-0.05, 0) is 36.5 Å². The Kier molecular flexibility index (Phi) is 6.74. The summed E-state index contributed by atoms with van der Waals surface area (Å²) in [6, 6.07) is 14.5. The van der Waals surface area contributed by atoms with Crippen molar-refractivity contribution in [3.63, 3.8) is 0 Å². The Bertz CT molecular complexity index is 1140. The highest BCUT2D eigenvalue weighted by Crippen LogP contribution is 2.23.